The summed E-state index contributed by atoms with van der Waals surface area (Å²) in [4.78, 5) is 2.35. The lowest BCUT2D eigenvalue weighted by Gasteiger charge is -2.28. The third-order valence-electron chi connectivity index (χ3n) is 3.87. The minimum absolute atomic E-state index is 0.410. The second-order valence-electron chi connectivity index (χ2n) is 5.65. The Bertz CT molecular complexity index is 386. The summed E-state index contributed by atoms with van der Waals surface area (Å²) in [7, 11) is 2.17. The monoisotopic (exact) mass is 292 g/mol. The van der Waals surface area contributed by atoms with Gasteiger partial charge < -0.3 is 19.7 Å². The molecule has 0 radical (unpaired) electrons. The molecule has 118 valence electrons. The molecule has 4 heteroatoms. The second kappa shape index (κ2) is 9.03. The van der Waals surface area contributed by atoms with Crippen molar-refractivity contribution in [1.29, 1.82) is 0 Å². The van der Waals surface area contributed by atoms with Gasteiger partial charge in [0.2, 0.25) is 0 Å². The smallest absolute Gasteiger partial charge is 0.119 e. The molecule has 1 aliphatic rings. The van der Waals surface area contributed by atoms with Gasteiger partial charge in [-0.1, -0.05) is 19.1 Å². The van der Waals surface area contributed by atoms with Crippen molar-refractivity contribution >= 4 is 0 Å². The molecule has 0 saturated carbocycles. The first-order valence-corrected chi connectivity index (χ1v) is 8.00. The van der Waals surface area contributed by atoms with Gasteiger partial charge in [0.25, 0.3) is 0 Å². The van der Waals surface area contributed by atoms with E-state index in [0.29, 0.717) is 19.3 Å². The average molecular weight is 292 g/mol. The highest BCUT2D eigenvalue weighted by atomic mass is 16.5. The van der Waals surface area contributed by atoms with Crippen molar-refractivity contribution < 1.29 is 9.47 Å². The normalized spacial score (nSPS) is 17.0. The van der Waals surface area contributed by atoms with Crippen LogP contribution in [-0.2, 0) is 11.3 Å². The molecule has 0 unspecified atom stereocenters. The summed E-state index contributed by atoms with van der Waals surface area (Å²) in [6.07, 6.45) is 2.68. The molecule has 1 aromatic rings. The summed E-state index contributed by atoms with van der Waals surface area (Å²) >= 11 is 0. The molecule has 0 aliphatic carbocycles. The number of nitrogens with zero attached hydrogens (tertiary/aromatic N) is 1. The fourth-order valence-electron chi connectivity index (χ4n) is 2.50. The van der Waals surface area contributed by atoms with Crippen LogP contribution in [0.2, 0.25) is 0 Å². The predicted octanol–water partition coefficient (Wildman–Crippen LogP) is 2.29. The number of benzene rings is 1. The molecule has 0 aromatic heterocycles. The van der Waals surface area contributed by atoms with Gasteiger partial charge in [-0.25, -0.2) is 0 Å². The topological polar surface area (TPSA) is 33.7 Å². The molecule has 1 heterocycles. The average Bonchev–Trinajstić information content (AvgIpc) is 2.52. The number of nitrogens with one attached hydrogen (secondary N) is 1. The summed E-state index contributed by atoms with van der Waals surface area (Å²) in [5.41, 5.74) is 1.28. The minimum Gasteiger partial charge on any atom is -0.491 e. The summed E-state index contributed by atoms with van der Waals surface area (Å²) in [6.45, 7) is 7.59. The quantitative estimate of drug-likeness (QED) is 0.745. The standard InChI is InChI=1S/C17H28N2O2/c1-3-18-14-15-4-6-16(7-5-15)20-12-13-21-17-8-10-19(2)11-9-17/h4-7,17-18H,3,8-14H2,1-2H3. The van der Waals surface area contributed by atoms with Crippen molar-refractivity contribution in [2.45, 2.75) is 32.4 Å². The fourth-order valence-corrected chi connectivity index (χ4v) is 2.50. The third kappa shape index (κ3) is 6.04. The molecule has 0 bridgehead atoms. The van der Waals surface area contributed by atoms with Crippen LogP contribution >= 0.6 is 0 Å². The van der Waals surface area contributed by atoms with Gasteiger partial charge in [-0.3, -0.25) is 0 Å². The highest BCUT2D eigenvalue weighted by Gasteiger charge is 2.16. The van der Waals surface area contributed by atoms with Crippen LogP contribution in [-0.4, -0.2) is 50.9 Å². The first-order valence-electron chi connectivity index (χ1n) is 8.00. The Morgan fingerprint density at radius 2 is 1.86 bits per heavy atom. The Morgan fingerprint density at radius 3 is 2.52 bits per heavy atom. The van der Waals surface area contributed by atoms with Gasteiger partial charge >= 0.3 is 0 Å². The Kier molecular flexibility index (Phi) is 7.00. The predicted molar refractivity (Wildman–Crippen MR) is 85.8 cm³/mol. The lowest BCUT2D eigenvalue weighted by Crippen LogP contribution is -2.34. The molecule has 21 heavy (non-hydrogen) atoms. The van der Waals surface area contributed by atoms with Crippen LogP contribution < -0.4 is 10.1 Å². The zero-order chi connectivity index (χ0) is 14.9. The number of rotatable bonds is 8. The van der Waals surface area contributed by atoms with Crippen LogP contribution in [0.3, 0.4) is 0 Å². The van der Waals surface area contributed by atoms with E-state index in [4.69, 9.17) is 9.47 Å². The molecular formula is C17H28N2O2. The van der Waals surface area contributed by atoms with E-state index in [9.17, 15) is 0 Å². The maximum Gasteiger partial charge on any atom is 0.119 e. The van der Waals surface area contributed by atoms with Crippen molar-refractivity contribution in [1.82, 2.24) is 10.2 Å². The van der Waals surface area contributed by atoms with Crippen molar-refractivity contribution in [2.24, 2.45) is 0 Å². The van der Waals surface area contributed by atoms with Gasteiger partial charge in [-0.2, -0.15) is 0 Å². The van der Waals surface area contributed by atoms with E-state index in [1.54, 1.807) is 0 Å². The van der Waals surface area contributed by atoms with E-state index >= 15 is 0 Å². The molecule has 1 aromatic carbocycles. The van der Waals surface area contributed by atoms with E-state index in [0.717, 1.165) is 44.8 Å². The van der Waals surface area contributed by atoms with E-state index in [1.807, 2.05) is 12.1 Å². The summed E-state index contributed by atoms with van der Waals surface area (Å²) in [5.74, 6) is 0.919. The highest BCUT2D eigenvalue weighted by molar-refractivity contribution is 5.27. The Labute approximate surface area is 128 Å². The second-order valence-corrected chi connectivity index (χ2v) is 5.65. The molecule has 0 spiro atoms. The Balaban J connectivity index is 1.60. The van der Waals surface area contributed by atoms with Crippen LogP contribution in [0, 0.1) is 0 Å². The molecule has 0 atom stereocenters. The number of hydrogen-bond donors (Lipinski definition) is 1. The molecule has 1 fully saturated rings. The first-order chi connectivity index (χ1) is 10.3. The van der Waals surface area contributed by atoms with Crippen LogP contribution in [0.4, 0.5) is 0 Å². The molecule has 0 amide bonds. The van der Waals surface area contributed by atoms with Crippen molar-refractivity contribution in [3.8, 4) is 5.75 Å². The Morgan fingerprint density at radius 1 is 1.14 bits per heavy atom. The maximum atomic E-state index is 5.87. The van der Waals surface area contributed by atoms with Crippen LogP contribution in [0.1, 0.15) is 25.3 Å². The Hall–Kier alpha value is -1.10. The number of ether oxygens (including phenoxy) is 2. The van der Waals surface area contributed by atoms with E-state index in [2.05, 4.69) is 36.3 Å². The van der Waals surface area contributed by atoms with Crippen molar-refractivity contribution in [2.75, 3.05) is 39.9 Å². The SMILES string of the molecule is CCNCc1ccc(OCCOC2CCN(C)CC2)cc1. The van der Waals surface area contributed by atoms with Gasteiger partial charge in [-0.05, 0) is 44.1 Å². The number of likely N-dealkylation sites (tertiary alicyclic amines) is 1. The summed E-state index contributed by atoms with van der Waals surface area (Å²) < 4.78 is 11.6. The molecule has 2 rings (SSSR count). The molecule has 1 N–H and O–H groups in total. The minimum atomic E-state index is 0.410. The summed E-state index contributed by atoms with van der Waals surface area (Å²) in [6, 6.07) is 8.27. The van der Waals surface area contributed by atoms with E-state index in [-0.39, 0.29) is 0 Å². The van der Waals surface area contributed by atoms with Crippen LogP contribution in [0.15, 0.2) is 24.3 Å². The van der Waals surface area contributed by atoms with Gasteiger partial charge in [-0.15, -0.1) is 0 Å². The third-order valence-corrected chi connectivity index (χ3v) is 3.87. The van der Waals surface area contributed by atoms with Gasteiger partial charge in [0, 0.05) is 19.6 Å². The summed E-state index contributed by atoms with van der Waals surface area (Å²) in [5, 5.41) is 3.31. The van der Waals surface area contributed by atoms with Crippen LogP contribution in [0.25, 0.3) is 0 Å². The maximum absolute atomic E-state index is 5.87. The largest absolute Gasteiger partial charge is 0.491 e. The van der Waals surface area contributed by atoms with Crippen molar-refractivity contribution in [3.63, 3.8) is 0 Å². The number of piperidine rings is 1. The van der Waals surface area contributed by atoms with Crippen molar-refractivity contribution in [3.05, 3.63) is 29.8 Å². The molecule has 4 nitrogen and oxygen atoms in total. The molecule has 1 aliphatic heterocycles. The van der Waals surface area contributed by atoms with E-state index in [1.165, 1.54) is 5.56 Å². The fraction of sp³-hybridized carbons (Fsp3) is 0.647. The van der Waals surface area contributed by atoms with Gasteiger partial charge in [0.1, 0.15) is 12.4 Å². The van der Waals surface area contributed by atoms with Gasteiger partial charge in [0.15, 0.2) is 0 Å². The first kappa shape index (κ1) is 16.3. The lowest BCUT2D eigenvalue weighted by molar-refractivity contribution is -0.000254. The zero-order valence-corrected chi connectivity index (χ0v) is 13.3. The lowest BCUT2D eigenvalue weighted by atomic mass is 10.1. The van der Waals surface area contributed by atoms with Crippen LogP contribution in [0.5, 0.6) is 5.75 Å². The number of hydrogen-bond acceptors (Lipinski definition) is 4. The highest BCUT2D eigenvalue weighted by Crippen LogP contribution is 2.14. The molecule has 1 saturated heterocycles. The van der Waals surface area contributed by atoms with Gasteiger partial charge in [0.05, 0.1) is 12.7 Å². The molecular weight excluding hydrogens is 264 g/mol. The van der Waals surface area contributed by atoms with E-state index < -0.39 is 0 Å². The zero-order valence-electron chi connectivity index (χ0n) is 13.3.